The van der Waals surface area contributed by atoms with Gasteiger partial charge >= 0.3 is 0 Å². The van der Waals surface area contributed by atoms with Gasteiger partial charge in [-0.1, -0.05) is 0 Å². The topological polar surface area (TPSA) is 89.5 Å². The summed E-state index contributed by atoms with van der Waals surface area (Å²) in [5, 5.41) is 10.8. The van der Waals surface area contributed by atoms with Crippen molar-refractivity contribution < 1.29 is 9.72 Å². The highest BCUT2D eigenvalue weighted by Gasteiger charge is 2.35. The number of benzene rings is 1. The molecule has 1 unspecified atom stereocenters. The van der Waals surface area contributed by atoms with Gasteiger partial charge in [0, 0.05) is 12.6 Å². The van der Waals surface area contributed by atoms with Crippen LogP contribution in [0, 0.1) is 10.1 Å². The zero-order chi connectivity index (χ0) is 12.7. The maximum atomic E-state index is 11.9. The summed E-state index contributed by atoms with van der Waals surface area (Å²) in [6.45, 7) is 4.11. The third-order valence-electron chi connectivity index (χ3n) is 3.08. The number of nitro groups is 1. The number of rotatable bonds is 2. The fraction of sp³-hybridized carbons (Fsp3) is 0.364. The second-order valence-corrected chi connectivity index (χ2v) is 4.03. The molecule has 0 saturated heterocycles. The van der Waals surface area contributed by atoms with Crippen LogP contribution in [0.25, 0.3) is 0 Å². The van der Waals surface area contributed by atoms with Crippen molar-refractivity contribution in [3.8, 4) is 0 Å². The Bertz CT molecular complexity index is 513. The van der Waals surface area contributed by atoms with Gasteiger partial charge in [0.25, 0.3) is 5.69 Å². The smallest absolute Gasteiger partial charge is 0.294 e. The molecule has 17 heavy (non-hydrogen) atoms. The fourth-order valence-electron chi connectivity index (χ4n) is 2.16. The van der Waals surface area contributed by atoms with Crippen molar-refractivity contribution >= 4 is 23.0 Å². The number of amides is 1. The number of hydrogen-bond acceptors (Lipinski definition) is 4. The molecule has 0 saturated carbocycles. The molecular weight excluding hydrogens is 222 g/mol. The molecule has 1 aromatic carbocycles. The van der Waals surface area contributed by atoms with Crippen molar-refractivity contribution in [3.63, 3.8) is 0 Å². The molecule has 0 spiro atoms. The Hall–Kier alpha value is -2.11. The maximum absolute atomic E-state index is 11.9. The van der Waals surface area contributed by atoms with Gasteiger partial charge < -0.3 is 10.6 Å². The van der Waals surface area contributed by atoms with E-state index in [0.29, 0.717) is 12.2 Å². The van der Waals surface area contributed by atoms with Crippen molar-refractivity contribution in [1.29, 1.82) is 0 Å². The summed E-state index contributed by atoms with van der Waals surface area (Å²) in [6, 6.07) is 2.92. The van der Waals surface area contributed by atoms with Crippen LogP contribution < -0.4 is 10.6 Å². The Labute approximate surface area is 98.2 Å². The molecule has 0 aliphatic carbocycles. The predicted molar refractivity (Wildman–Crippen MR) is 64.0 cm³/mol. The highest BCUT2D eigenvalue weighted by atomic mass is 16.6. The molecule has 0 fully saturated rings. The average Bonchev–Trinajstić information content (AvgIpc) is 2.51. The minimum Gasteiger partial charge on any atom is -0.393 e. The standard InChI is InChI=1S/C11H13N3O3/c1-3-13-9-5-10(14(16)17)8(12)4-7(9)6(2)11(13)15/h4-6H,3,12H2,1-2H3. The van der Waals surface area contributed by atoms with Crippen molar-refractivity contribution in [1.82, 2.24) is 0 Å². The molecule has 0 bridgehead atoms. The first-order valence-electron chi connectivity index (χ1n) is 5.36. The number of fused-ring (bicyclic) bond motifs is 1. The van der Waals surface area contributed by atoms with Crippen LogP contribution in [0.5, 0.6) is 0 Å². The number of nitro benzene ring substituents is 1. The lowest BCUT2D eigenvalue weighted by Gasteiger charge is -2.14. The van der Waals surface area contributed by atoms with E-state index in [1.54, 1.807) is 11.8 Å². The first kappa shape index (κ1) is 11.4. The summed E-state index contributed by atoms with van der Waals surface area (Å²) in [4.78, 5) is 23.7. The Kier molecular flexibility index (Phi) is 2.49. The van der Waals surface area contributed by atoms with Crippen LogP contribution in [-0.4, -0.2) is 17.4 Å². The number of likely N-dealkylation sites (N-methyl/N-ethyl adjacent to an activating group) is 1. The largest absolute Gasteiger partial charge is 0.393 e. The minimum atomic E-state index is -0.531. The van der Waals surface area contributed by atoms with Crippen LogP contribution in [0.4, 0.5) is 17.1 Å². The van der Waals surface area contributed by atoms with Crippen LogP contribution in [0.2, 0.25) is 0 Å². The van der Waals surface area contributed by atoms with Gasteiger partial charge in [0.2, 0.25) is 5.91 Å². The van der Waals surface area contributed by atoms with Gasteiger partial charge in [-0.25, -0.2) is 0 Å². The monoisotopic (exact) mass is 235 g/mol. The molecular formula is C11H13N3O3. The van der Waals surface area contributed by atoms with Gasteiger partial charge in [-0.3, -0.25) is 14.9 Å². The van der Waals surface area contributed by atoms with Crippen molar-refractivity contribution in [2.45, 2.75) is 19.8 Å². The summed E-state index contributed by atoms with van der Waals surface area (Å²) in [7, 11) is 0. The molecule has 6 heteroatoms. The first-order valence-corrected chi connectivity index (χ1v) is 5.36. The summed E-state index contributed by atoms with van der Waals surface area (Å²) in [5.74, 6) is -0.324. The highest BCUT2D eigenvalue weighted by molar-refractivity contribution is 6.05. The second kappa shape index (κ2) is 3.73. The molecule has 1 atom stereocenters. The predicted octanol–water partition coefficient (Wildman–Crippen LogP) is 1.65. The van der Waals surface area contributed by atoms with Gasteiger partial charge in [0.1, 0.15) is 5.69 Å². The van der Waals surface area contributed by atoms with E-state index in [0.717, 1.165) is 5.56 Å². The van der Waals surface area contributed by atoms with Gasteiger partial charge in [0.05, 0.1) is 16.5 Å². The maximum Gasteiger partial charge on any atom is 0.294 e. The third-order valence-corrected chi connectivity index (χ3v) is 3.08. The number of anilines is 2. The van der Waals surface area contributed by atoms with E-state index in [-0.39, 0.29) is 23.2 Å². The molecule has 0 radical (unpaired) electrons. The Morgan fingerprint density at radius 3 is 2.71 bits per heavy atom. The summed E-state index contributed by atoms with van der Waals surface area (Å²) >= 11 is 0. The first-order chi connectivity index (χ1) is 7.97. The average molecular weight is 235 g/mol. The van der Waals surface area contributed by atoms with E-state index in [2.05, 4.69) is 0 Å². The van der Waals surface area contributed by atoms with Crippen molar-refractivity contribution in [2.24, 2.45) is 0 Å². The van der Waals surface area contributed by atoms with Gasteiger partial charge in [0.15, 0.2) is 0 Å². The lowest BCUT2D eigenvalue weighted by atomic mass is 10.0. The second-order valence-electron chi connectivity index (χ2n) is 4.03. The lowest BCUT2D eigenvalue weighted by Crippen LogP contribution is -2.27. The normalized spacial score (nSPS) is 18.4. The van der Waals surface area contributed by atoms with Gasteiger partial charge in [-0.15, -0.1) is 0 Å². The molecule has 1 amide bonds. The molecule has 6 nitrogen and oxygen atoms in total. The Morgan fingerprint density at radius 1 is 1.53 bits per heavy atom. The number of carbonyl (C=O) groups is 1. The van der Waals surface area contributed by atoms with E-state index in [9.17, 15) is 14.9 Å². The Morgan fingerprint density at radius 2 is 2.18 bits per heavy atom. The zero-order valence-electron chi connectivity index (χ0n) is 9.64. The summed E-state index contributed by atoms with van der Waals surface area (Å²) in [5.41, 5.74) is 6.94. The van der Waals surface area contributed by atoms with Crippen LogP contribution in [-0.2, 0) is 4.79 Å². The molecule has 90 valence electrons. The van der Waals surface area contributed by atoms with Gasteiger partial charge in [-0.2, -0.15) is 0 Å². The van der Waals surface area contributed by atoms with E-state index >= 15 is 0 Å². The molecule has 2 N–H and O–H groups in total. The van der Waals surface area contributed by atoms with E-state index in [1.165, 1.54) is 12.1 Å². The zero-order valence-corrected chi connectivity index (χ0v) is 9.64. The Balaban J connectivity index is 2.63. The lowest BCUT2D eigenvalue weighted by molar-refractivity contribution is -0.383. The molecule has 1 aliphatic heterocycles. The summed E-state index contributed by atoms with van der Waals surface area (Å²) in [6.07, 6.45) is 0. The fourth-order valence-corrected chi connectivity index (χ4v) is 2.16. The summed E-state index contributed by atoms with van der Waals surface area (Å²) < 4.78 is 0. The number of nitrogens with zero attached hydrogens (tertiary/aromatic N) is 2. The van der Waals surface area contributed by atoms with Crippen LogP contribution in [0.1, 0.15) is 25.3 Å². The number of carbonyl (C=O) groups excluding carboxylic acids is 1. The number of hydrogen-bond donors (Lipinski definition) is 1. The third kappa shape index (κ3) is 1.52. The molecule has 1 aromatic rings. The van der Waals surface area contributed by atoms with Crippen molar-refractivity contribution in [2.75, 3.05) is 17.2 Å². The number of nitrogens with two attached hydrogens (primary N) is 1. The highest BCUT2D eigenvalue weighted by Crippen LogP contribution is 2.41. The molecule has 0 aromatic heterocycles. The molecule has 1 heterocycles. The van der Waals surface area contributed by atoms with Gasteiger partial charge in [-0.05, 0) is 25.5 Å². The van der Waals surface area contributed by atoms with E-state index in [1.807, 2.05) is 6.92 Å². The van der Waals surface area contributed by atoms with Crippen molar-refractivity contribution in [3.05, 3.63) is 27.8 Å². The molecule has 2 rings (SSSR count). The van der Waals surface area contributed by atoms with Crippen LogP contribution >= 0.6 is 0 Å². The van der Waals surface area contributed by atoms with Crippen LogP contribution in [0.3, 0.4) is 0 Å². The quantitative estimate of drug-likeness (QED) is 0.479. The molecule has 1 aliphatic rings. The van der Waals surface area contributed by atoms with E-state index in [4.69, 9.17) is 5.73 Å². The van der Waals surface area contributed by atoms with Crippen LogP contribution in [0.15, 0.2) is 12.1 Å². The SMILES string of the molecule is CCN1C(=O)C(C)c2cc(N)c([N+](=O)[O-])cc21. The number of nitrogen functional groups attached to an aromatic ring is 1. The van der Waals surface area contributed by atoms with E-state index < -0.39 is 4.92 Å². The minimum absolute atomic E-state index is 0.0394.